The summed E-state index contributed by atoms with van der Waals surface area (Å²) in [4.78, 5) is 24.4. The minimum Gasteiger partial charge on any atom is -0.394 e. The largest absolute Gasteiger partial charge is 0.394 e. The van der Waals surface area contributed by atoms with Gasteiger partial charge in [0.05, 0.1) is 19.0 Å². The molecule has 0 unspecified atom stereocenters. The van der Waals surface area contributed by atoms with Crippen LogP contribution in [0.15, 0.2) is 12.7 Å². The predicted octanol–water partition coefficient (Wildman–Crippen LogP) is -1.84. The van der Waals surface area contributed by atoms with Crippen molar-refractivity contribution in [1.82, 2.24) is 24.8 Å². The van der Waals surface area contributed by atoms with Crippen molar-refractivity contribution >= 4 is 22.9 Å². The van der Waals surface area contributed by atoms with Gasteiger partial charge in [-0.1, -0.05) is 13.8 Å². The van der Waals surface area contributed by atoms with Crippen molar-refractivity contribution in [3.8, 4) is 0 Å². The first-order chi connectivity index (χ1) is 12.3. The molecule has 11 heteroatoms. The molecule has 2 aromatic rings. The van der Waals surface area contributed by atoms with Crippen molar-refractivity contribution in [2.75, 3.05) is 12.3 Å². The number of nitrogens with zero attached hydrogens (tertiary/aromatic N) is 4. The fourth-order valence-electron chi connectivity index (χ4n) is 2.85. The van der Waals surface area contributed by atoms with E-state index >= 15 is 0 Å². The normalized spacial score (nSPS) is 27.2. The molecule has 11 nitrogen and oxygen atoms in total. The van der Waals surface area contributed by atoms with Gasteiger partial charge >= 0.3 is 0 Å². The number of carbonyl (C=O) groups is 1. The summed E-state index contributed by atoms with van der Waals surface area (Å²) in [5.74, 6) is -0.468. The Morgan fingerprint density at radius 2 is 2.08 bits per heavy atom. The smallest absolute Gasteiger partial charge is 0.252 e. The maximum absolute atomic E-state index is 12.4. The topological polar surface area (TPSA) is 169 Å². The summed E-state index contributed by atoms with van der Waals surface area (Å²) in [6.07, 6.45) is -2.63. The average Bonchev–Trinajstić information content (AvgIpc) is 3.15. The van der Waals surface area contributed by atoms with Gasteiger partial charge in [0.2, 0.25) is 0 Å². The third-order valence-corrected chi connectivity index (χ3v) is 4.49. The Hall–Kier alpha value is -2.34. The highest BCUT2D eigenvalue weighted by atomic mass is 16.6. The molecule has 26 heavy (non-hydrogen) atoms. The molecule has 1 aliphatic rings. The molecule has 0 aliphatic carbocycles. The van der Waals surface area contributed by atoms with E-state index in [0.717, 1.165) is 0 Å². The van der Waals surface area contributed by atoms with Crippen molar-refractivity contribution in [1.29, 1.82) is 0 Å². The van der Waals surface area contributed by atoms with Crippen molar-refractivity contribution in [3.05, 3.63) is 12.7 Å². The van der Waals surface area contributed by atoms with Gasteiger partial charge in [-0.3, -0.25) is 9.36 Å². The number of aliphatic hydroxyl groups excluding tert-OH is 3. The molecule has 1 amide bonds. The summed E-state index contributed by atoms with van der Waals surface area (Å²) >= 11 is 0. The SMILES string of the molecule is CC(C)[C@@H](CO)NC(=O)[C@H]1O[C@@H](n2cnc3c(N)ncnc32)[C@H](O)[C@@H]1O. The van der Waals surface area contributed by atoms with Crippen LogP contribution >= 0.6 is 0 Å². The van der Waals surface area contributed by atoms with Crippen LogP contribution in [0.5, 0.6) is 0 Å². The lowest BCUT2D eigenvalue weighted by atomic mass is 10.0. The van der Waals surface area contributed by atoms with E-state index < -0.39 is 36.5 Å². The molecule has 3 heterocycles. The van der Waals surface area contributed by atoms with Gasteiger partial charge in [-0.05, 0) is 5.92 Å². The number of rotatable bonds is 5. The van der Waals surface area contributed by atoms with E-state index in [1.54, 1.807) is 0 Å². The number of ether oxygens (including phenoxy) is 1. The Kier molecular flexibility index (Phi) is 5.05. The van der Waals surface area contributed by atoms with Crippen LogP contribution in [0.1, 0.15) is 20.1 Å². The maximum Gasteiger partial charge on any atom is 0.252 e. The molecule has 0 spiro atoms. The van der Waals surface area contributed by atoms with E-state index in [2.05, 4.69) is 20.3 Å². The van der Waals surface area contributed by atoms with Gasteiger partial charge in [-0.2, -0.15) is 0 Å². The Bertz CT molecular complexity index is 796. The molecule has 1 fully saturated rings. The van der Waals surface area contributed by atoms with Gasteiger partial charge < -0.3 is 31.1 Å². The highest BCUT2D eigenvalue weighted by molar-refractivity contribution is 5.83. The molecule has 0 bridgehead atoms. The van der Waals surface area contributed by atoms with Gasteiger partial charge in [-0.25, -0.2) is 15.0 Å². The fraction of sp³-hybridized carbons (Fsp3) is 0.600. The minimum absolute atomic E-state index is 0.0134. The van der Waals surface area contributed by atoms with Crippen LogP contribution in [-0.2, 0) is 9.53 Å². The number of nitrogen functional groups attached to an aromatic ring is 1. The van der Waals surface area contributed by atoms with E-state index in [4.69, 9.17) is 10.5 Å². The summed E-state index contributed by atoms with van der Waals surface area (Å²) in [5.41, 5.74) is 6.37. The Balaban J connectivity index is 1.83. The van der Waals surface area contributed by atoms with E-state index in [1.807, 2.05) is 13.8 Å². The average molecular weight is 366 g/mol. The van der Waals surface area contributed by atoms with Gasteiger partial charge in [0.15, 0.2) is 23.8 Å². The number of amides is 1. The lowest BCUT2D eigenvalue weighted by molar-refractivity contribution is -0.139. The summed E-state index contributed by atoms with van der Waals surface area (Å²) in [5, 5.41) is 32.6. The quantitative estimate of drug-likeness (QED) is 0.408. The second-order valence-electron chi connectivity index (χ2n) is 6.55. The first kappa shape index (κ1) is 18.5. The number of nitrogens with one attached hydrogen (secondary N) is 1. The lowest BCUT2D eigenvalue weighted by Crippen LogP contribution is -2.49. The van der Waals surface area contributed by atoms with Gasteiger partial charge in [0.1, 0.15) is 24.1 Å². The molecule has 0 saturated carbocycles. The zero-order valence-electron chi connectivity index (χ0n) is 14.4. The molecule has 142 valence electrons. The first-order valence-electron chi connectivity index (χ1n) is 8.21. The molecule has 0 aromatic carbocycles. The number of fused-ring (bicyclic) bond motifs is 1. The zero-order chi connectivity index (χ0) is 19.0. The van der Waals surface area contributed by atoms with Crippen molar-refractivity contribution in [2.45, 2.75) is 44.4 Å². The zero-order valence-corrected chi connectivity index (χ0v) is 14.4. The number of aliphatic hydroxyl groups is 3. The number of nitrogens with two attached hydrogens (primary N) is 1. The standard InChI is InChI=1S/C15H22N6O5/c1-6(2)7(3-22)20-14(25)11-9(23)10(24)15(26-11)21-5-19-8-12(16)17-4-18-13(8)21/h4-7,9-11,15,22-24H,3H2,1-2H3,(H,20,25)(H2,16,17,18)/t7-,9+,10-,11+,15-/m1/s1. The van der Waals surface area contributed by atoms with E-state index in [-0.39, 0.29) is 18.3 Å². The van der Waals surface area contributed by atoms with Crippen LogP contribution < -0.4 is 11.1 Å². The van der Waals surface area contributed by atoms with Gasteiger partial charge in [0, 0.05) is 0 Å². The second kappa shape index (κ2) is 7.11. The van der Waals surface area contributed by atoms with Crippen molar-refractivity contribution < 1.29 is 24.9 Å². The van der Waals surface area contributed by atoms with E-state index in [1.165, 1.54) is 17.2 Å². The number of anilines is 1. The van der Waals surface area contributed by atoms with Gasteiger partial charge in [-0.15, -0.1) is 0 Å². The molecular formula is C15H22N6O5. The van der Waals surface area contributed by atoms with E-state index in [0.29, 0.717) is 11.2 Å². The molecule has 1 saturated heterocycles. The molecule has 5 atom stereocenters. The van der Waals surface area contributed by atoms with Crippen LogP contribution in [0.4, 0.5) is 5.82 Å². The number of carbonyl (C=O) groups excluding carboxylic acids is 1. The summed E-state index contributed by atoms with van der Waals surface area (Å²) in [6, 6.07) is -0.490. The fourth-order valence-corrected chi connectivity index (χ4v) is 2.85. The third kappa shape index (κ3) is 3.09. The summed E-state index contributed by atoms with van der Waals surface area (Å²) in [7, 11) is 0. The Labute approximate surface area is 148 Å². The molecule has 0 radical (unpaired) electrons. The van der Waals surface area contributed by atoms with Crippen molar-refractivity contribution in [3.63, 3.8) is 0 Å². The van der Waals surface area contributed by atoms with Crippen LogP contribution in [0.3, 0.4) is 0 Å². The maximum atomic E-state index is 12.4. The lowest BCUT2D eigenvalue weighted by Gasteiger charge is -2.23. The second-order valence-corrected chi connectivity index (χ2v) is 6.55. The Morgan fingerprint density at radius 1 is 1.35 bits per heavy atom. The van der Waals surface area contributed by atoms with Crippen molar-refractivity contribution in [2.24, 2.45) is 5.92 Å². The first-order valence-corrected chi connectivity index (χ1v) is 8.21. The highest BCUT2D eigenvalue weighted by Crippen LogP contribution is 2.32. The number of hydrogen-bond donors (Lipinski definition) is 5. The predicted molar refractivity (Wildman–Crippen MR) is 89.5 cm³/mol. The van der Waals surface area contributed by atoms with Crippen LogP contribution in [-0.4, -0.2) is 71.7 Å². The summed E-state index contributed by atoms with van der Waals surface area (Å²) < 4.78 is 6.98. The number of imidazole rings is 1. The highest BCUT2D eigenvalue weighted by Gasteiger charge is 2.48. The minimum atomic E-state index is -1.46. The molecule has 6 N–H and O–H groups in total. The molecule has 3 rings (SSSR count). The number of hydrogen-bond acceptors (Lipinski definition) is 9. The molecule has 1 aliphatic heterocycles. The molecular weight excluding hydrogens is 344 g/mol. The van der Waals surface area contributed by atoms with Crippen LogP contribution in [0, 0.1) is 5.92 Å². The van der Waals surface area contributed by atoms with Crippen LogP contribution in [0.2, 0.25) is 0 Å². The van der Waals surface area contributed by atoms with Gasteiger partial charge in [0.25, 0.3) is 5.91 Å². The summed E-state index contributed by atoms with van der Waals surface area (Å²) in [6.45, 7) is 3.43. The Morgan fingerprint density at radius 3 is 2.73 bits per heavy atom. The third-order valence-electron chi connectivity index (χ3n) is 4.49. The van der Waals surface area contributed by atoms with Crippen LogP contribution in [0.25, 0.3) is 11.2 Å². The monoisotopic (exact) mass is 366 g/mol. The number of aromatic nitrogens is 4. The van der Waals surface area contributed by atoms with E-state index in [9.17, 15) is 20.1 Å². The molecule has 2 aromatic heterocycles.